The quantitative estimate of drug-likeness (QED) is 0.552. The van der Waals surface area contributed by atoms with Crippen LogP contribution in [0.2, 0.25) is 0 Å². The number of aryl methyl sites for hydroxylation is 2. The first-order valence-electron chi connectivity index (χ1n) is 10.7. The number of H-pyrrole nitrogens is 1. The Morgan fingerprint density at radius 2 is 1.97 bits per heavy atom. The monoisotopic (exact) mass is 417 g/mol. The molecule has 5 rings (SSSR count). The third kappa shape index (κ3) is 3.62. The Morgan fingerprint density at radius 1 is 1.16 bits per heavy atom. The predicted molar refractivity (Wildman–Crippen MR) is 120 cm³/mol. The second-order valence-corrected chi connectivity index (χ2v) is 9.09. The smallest absolute Gasteiger partial charge is 0.263 e. The lowest BCUT2D eigenvalue weighted by atomic mass is 10.1. The summed E-state index contributed by atoms with van der Waals surface area (Å²) in [5.74, 6) is 0.577. The molecular formula is C23H27N7O. The van der Waals surface area contributed by atoms with Gasteiger partial charge >= 0.3 is 0 Å². The summed E-state index contributed by atoms with van der Waals surface area (Å²) < 4.78 is 4.07. The van der Waals surface area contributed by atoms with Gasteiger partial charge in [0.2, 0.25) is 5.95 Å². The van der Waals surface area contributed by atoms with Crippen molar-refractivity contribution in [1.29, 1.82) is 0 Å². The van der Waals surface area contributed by atoms with Crippen LogP contribution in [-0.4, -0.2) is 35.8 Å². The van der Waals surface area contributed by atoms with Crippen LogP contribution >= 0.6 is 0 Å². The molecule has 0 aliphatic carbocycles. The van der Waals surface area contributed by atoms with Crippen molar-refractivity contribution in [2.45, 2.75) is 52.2 Å². The van der Waals surface area contributed by atoms with Crippen molar-refractivity contribution in [3.05, 3.63) is 70.2 Å². The fourth-order valence-corrected chi connectivity index (χ4v) is 4.19. The molecule has 0 amide bonds. The van der Waals surface area contributed by atoms with Gasteiger partial charge in [0.1, 0.15) is 5.39 Å². The minimum Gasteiger partial charge on any atom is -0.336 e. The van der Waals surface area contributed by atoms with Crippen molar-refractivity contribution in [3.8, 4) is 0 Å². The van der Waals surface area contributed by atoms with Gasteiger partial charge in [-0.2, -0.15) is 10.1 Å². The first-order valence-corrected chi connectivity index (χ1v) is 10.7. The number of hydrogen-bond donors (Lipinski definition) is 1. The van der Waals surface area contributed by atoms with Gasteiger partial charge in [0, 0.05) is 25.2 Å². The van der Waals surface area contributed by atoms with Gasteiger partial charge in [-0.1, -0.05) is 30.3 Å². The first kappa shape index (κ1) is 19.5. The van der Waals surface area contributed by atoms with Gasteiger partial charge in [0.25, 0.3) is 5.56 Å². The number of rotatable bonds is 4. The van der Waals surface area contributed by atoms with E-state index in [1.807, 2.05) is 17.1 Å². The van der Waals surface area contributed by atoms with E-state index in [2.05, 4.69) is 69.6 Å². The molecule has 0 fully saturated rings. The molecule has 8 nitrogen and oxygen atoms in total. The Hall–Kier alpha value is -3.42. The SMILES string of the molecule is CC(C)(C)n1ncc2c(=O)[nH]c(N3CCc4c(ncn4CCc4ccccc4)C3)nc21. The van der Waals surface area contributed by atoms with E-state index in [-0.39, 0.29) is 11.1 Å². The summed E-state index contributed by atoms with van der Waals surface area (Å²) in [7, 11) is 0. The van der Waals surface area contributed by atoms with Crippen LogP contribution in [0.3, 0.4) is 0 Å². The first-order chi connectivity index (χ1) is 14.9. The number of aromatic amines is 1. The number of benzene rings is 1. The maximum atomic E-state index is 12.7. The highest BCUT2D eigenvalue weighted by Crippen LogP contribution is 2.24. The van der Waals surface area contributed by atoms with E-state index in [9.17, 15) is 4.79 Å². The molecule has 160 valence electrons. The summed E-state index contributed by atoms with van der Waals surface area (Å²) in [6, 6.07) is 10.5. The van der Waals surface area contributed by atoms with Crippen LogP contribution in [0, 0.1) is 0 Å². The van der Waals surface area contributed by atoms with Gasteiger partial charge < -0.3 is 9.47 Å². The number of fused-ring (bicyclic) bond motifs is 2. The molecule has 1 N–H and O–H groups in total. The van der Waals surface area contributed by atoms with Crippen molar-refractivity contribution in [1.82, 2.24) is 29.3 Å². The third-order valence-corrected chi connectivity index (χ3v) is 5.84. The topological polar surface area (TPSA) is 84.6 Å². The fraction of sp³-hybridized carbons (Fsp3) is 0.391. The molecule has 1 aliphatic rings. The lowest BCUT2D eigenvalue weighted by molar-refractivity contribution is 0.366. The summed E-state index contributed by atoms with van der Waals surface area (Å²) in [5.41, 5.74) is 3.85. The molecule has 0 saturated carbocycles. The van der Waals surface area contributed by atoms with Crippen molar-refractivity contribution >= 4 is 17.0 Å². The molecule has 1 aliphatic heterocycles. The van der Waals surface area contributed by atoms with Crippen LogP contribution in [-0.2, 0) is 31.5 Å². The molecule has 0 radical (unpaired) electrons. The van der Waals surface area contributed by atoms with E-state index in [1.165, 1.54) is 11.3 Å². The van der Waals surface area contributed by atoms with Crippen LogP contribution in [0.1, 0.15) is 37.7 Å². The molecular weight excluding hydrogens is 390 g/mol. The van der Waals surface area contributed by atoms with Gasteiger partial charge in [-0.05, 0) is 32.8 Å². The Balaban J connectivity index is 1.39. The highest BCUT2D eigenvalue weighted by molar-refractivity contribution is 5.74. The average Bonchev–Trinajstić information content (AvgIpc) is 3.37. The minimum absolute atomic E-state index is 0.158. The highest BCUT2D eigenvalue weighted by Gasteiger charge is 2.25. The normalized spacial score (nSPS) is 14.2. The zero-order valence-electron chi connectivity index (χ0n) is 18.2. The molecule has 8 heteroatoms. The standard InChI is InChI=1S/C23H27N7O/c1-23(2,3)30-20-17(13-25-30)21(31)27-22(26-20)28-12-10-19-18(14-28)24-15-29(19)11-9-16-7-5-4-6-8-16/h4-8,13,15H,9-12,14H2,1-3H3,(H,26,27,31). The largest absolute Gasteiger partial charge is 0.336 e. The molecule has 4 heterocycles. The Kier molecular flexibility index (Phi) is 4.64. The molecule has 0 bridgehead atoms. The fourth-order valence-electron chi connectivity index (χ4n) is 4.19. The lowest BCUT2D eigenvalue weighted by Gasteiger charge is -2.28. The maximum absolute atomic E-state index is 12.7. The number of hydrogen-bond acceptors (Lipinski definition) is 5. The van der Waals surface area contributed by atoms with Gasteiger partial charge in [0.05, 0.1) is 30.3 Å². The van der Waals surface area contributed by atoms with E-state index in [4.69, 9.17) is 4.98 Å². The molecule has 4 aromatic rings. The van der Waals surface area contributed by atoms with E-state index >= 15 is 0 Å². The van der Waals surface area contributed by atoms with Crippen molar-refractivity contribution < 1.29 is 0 Å². The predicted octanol–water partition coefficient (Wildman–Crippen LogP) is 2.88. The van der Waals surface area contributed by atoms with E-state index in [0.29, 0.717) is 23.5 Å². The van der Waals surface area contributed by atoms with Gasteiger partial charge in [-0.3, -0.25) is 9.78 Å². The Labute approximate surface area is 180 Å². The van der Waals surface area contributed by atoms with Crippen LogP contribution < -0.4 is 10.5 Å². The zero-order valence-corrected chi connectivity index (χ0v) is 18.2. The summed E-state index contributed by atoms with van der Waals surface area (Å²) in [5, 5.41) is 4.91. The van der Waals surface area contributed by atoms with E-state index in [1.54, 1.807) is 6.20 Å². The van der Waals surface area contributed by atoms with Crippen LogP contribution in [0.15, 0.2) is 47.7 Å². The molecule has 0 unspecified atom stereocenters. The Bertz CT molecular complexity index is 1280. The second-order valence-electron chi connectivity index (χ2n) is 9.09. The number of imidazole rings is 1. The van der Waals surface area contributed by atoms with Crippen molar-refractivity contribution in [3.63, 3.8) is 0 Å². The number of nitrogens with zero attached hydrogens (tertiary/aromatic N) is 6. The number of aromatic nitrogens is 6. The van der Waals surface area contributed by atoms with Crippen LogP contribution in [0.5, 0.6) is 0 Å². The van der Waals surface area contributed by atoms with Crippen LogP contribution in [0.25, 0.3) is 11.0 Å². The minimum atomic E-state index is -0.258. The zero-order chi connectivity index (χ0) is 21.6. The second kappa shape index (κ2) is 7.37. The third-order valence-electron chi connectivity index (χ3n) is 5.84. The molecule has 3 aromatic heterocycles. The van der Waals surface area contributed by atoms with E-state index in [0.717, 1.165) is 31.6 Å². The summed E-state index contributed by atoms with van der Waals surface area (Å²) in [6.45, 7) is 8.48. The lowest BCUT2D eigenvalue weighted by Crippen LogP contribution is -2.34. The van der Waals surface area contributed by atoms with Gasteiger partial charge in [-0.25, -0.2) is 9.67 Å². The van der Waals surface area contributed by atoms with Crippen molar-refractivity contribution in [2.24, 2.45) is 0 Å². The molecule has 0 atom stereocenters. The van der Waals surface area contributed by atoms with Gasteiger partial charge in [0.15, 0.2) is 5.65 Å². The highest BCUT2D eigenvalue weighted by atomic mass is 16.1. The maximum Gasteiger partial charge on any atom is 0.263 e. The average molecular weight is 418 g/mol. The summed E-state index contributed by atoms with van der Waals surface area (Å²) in [4.78, 5) is 27.1. The molecule has 1 aromatic carbocycles. The molecule has 0 saturated heterocycles. The molecule has 31 heavy (non-hydrogen) atoms. The molecule has 0 spiro atoms. The number of anilines is 1. The van der Waals surface area contributed by atoms with Crippen molar-refractivity contribution in [2.75, 3.05) is 11.4 Å². The van der Waals surface area contributed by atoms with Crippen LogP contribution in [0.4, 0.5) is 5.95 Å². The Morgan fingerprint density at radius 3 is 2.74 bits per heavy atom. The number of nitrogens with one attached hydrogen (secondary N) is 1. The summed E-state index contributed by atoms with van der Waals surface area (Å²) >= 11 is 0. The van der Waals surface area contributed by atoms with Gasteiger partial charge in [-0.15, -0.1) is 0 Å². The van der Waals surface area contributed by atoms with E-state index < -0.39 is 0 Å². The summed E-state index contributed by atoms with van der Waals surface area (Å²) in [6.07, 6.45) is 5.38.